The van der Waals surface area contributed by atoms with Crippen molar-refractivity contribution < 1.29 is 24.2 Å². The highest BCUT2D eigenvalue weighted by Crippen LogP contribution is 2.24. The Hall–Kier alpha value is -4.31. The third-order valence-corrected chi connectivity index (χ3v) is 4.84. The molecule has 0 spiro atoms. The van der Waals surface area contributed by atoms with Crippen molar-refractivity contribution in [1.29, 1.82) is 5.26 Å². The Balaban J connectivity index is 1.58. The van der Waals surface area contributed by atoms with Crippen LogP contribution in [0.3, 0.4) is 0 Å². The first-order valence-corrected chi connectivity index (χ1v) is 10.3. The highest BCUT2D eigenvalue weighted by atomic mass is 16.6. The molecule has 0 aromatic heterocycles. The van der Waals surface area contributed by atoms with E-state index in [2.05, 4.69) is 5.16 Å². The number of oxime groups is 1. The van der Waals surface area contributed by atoms with Gasteiger partial charge in [-0.05, 0) is 41.0 Å². The van der Waals surface area contributed by atoms with Crippen molar-refractivity contribution >= 4 is 12.2 Å². The average Bonchev–Trinajstić information content (AvgIpc) is 2.85. The summed E-state index contributed by atoms with van der Waals surface area (Å²) in [7, 11) is 1.48. The number of hydrogen-bond acceptors (Lipinski definition) is 6. The Kier molecular flexibility index (Phi) is 8.43. The molecule has 0 radical (unpaired) electrons. The fraction of sp³-hybridized carbons (Fsp3) is 0.192. The van der Waals surface area contributed by atoms with Gasteiger partial charge in [0.2, 0.25) is 0 Å². The van der Waals surface area contributed by atoms with Gasteiger partial charge in [-0.25, -0.2) is 0 Å². The van der Waals surface area contributed by atoms with Crippen LogP contribution >= 0.6 is 0 Å². The number of nitrogens with zero attached hydrogens (tertiary/aromatic N) is 2. The van der Waals surface area contributed by atoms with Crippen molar-refractivity contribution in [3.63, 3.8) is 0 Å². The van der Waals surface area contributed by atoms with Crippen LogP contribution in [0.2, 0.25) is 0 Å². The molecular weight excluding hydrogens is 420 g/mol. The van der Waals surface area contributed by atoms with Crippen molar-refractivity contribution in [2.45, 2.75) is 25.0 Å². The molecule has 0 amide bonds. The van der Waals surface area contributed by atoms with E-state index < -0.39 is 11.9 Å². The molecule has 0 aliphatic heterocycles. The summed E-state index contributed by atoms with van der Waals surface area (Å²) < 4.78 is 11.9. The Labute approximate surface area is 192 Å². The number of aliphatic carboxylic acids is 1. The van der Waals surface area contributed by atoms with Crippen LogP contribution in [0.1, 0.15) is 35.1 Å². The lowest BCUT2D eigenvalue weighted by Gasteiger charge is -2.16. The Morgan fingerprint density at radius 3 is 2.27 bits per heavy atom. The molecule has 1 N–H and O–H groups in total. The Morgan fingerprint density at radius 1 is 1.00 bits per heavy atom. The lowest BCUT2D eigenvalue weighted by Crippen LogP contribution is -2.09. The van der Waals surface area contributed by atoms with E-state index in [1.54, 1.807) is 30.5 Å². The van der Waals surface area contributed by atoms with E-state index in [0.717, 1.165) is 11.1 Å². The summed E-state index contributed by atoms with van der Waals surface area (Å²) in [6.45, 7) is 0.351. The molecular formula is C26H24N2O5. The van der Waals surface area contributed by atoms with Gasteiger partial charge in [-0.15, -0.1) is 0 Å². The maximum Gasteiger partial charge on any atom is 0.305 e. The second kappa shape index (κ2) is 11.9. The zero-order valence-electron chi connectivity index (χ0n) is 18.1. The Bertz CT molecular complexity index is 1090. The molecule has 2 unspecified atom stereocenters. The molecule has 3 rings (SSSR count). The fourth-order valence-corrected chi connectivity index (χ4v) is 3.13. The topological polar surface area (TPSA) is 101 Å². The molecule has 0 saturated heterocycles. The molecule has 7 nitrogen and oxygen atoms in total. The minimum absolute atomic E-state index is 0.229. The minimum atomic E-state index is -1.00. The van der Waals surface area contributed by atoms with Crippen LogP contribution in [-0.4, -0.2) is 24.4 Å². The molecule has 0 aliphatic carbocycles. The van der Waals surface area contributed by atoms with Crippen LogP contribution in [0.15, 0.2) is 84.0 Å². The second-order valence-electron chi connectivity index (χ2n) is 7.17. The summed E-state index contributed by atoms with van der Waals surface area (Å²) in [6.07, 6.45) is 0.988. The predicted octanol–water partition coefficient (Wildman–Crippen LogP) is 5.10. The first-order chi connectivity index (χ1) is 16.1. The molecule has 0 aliphatic rings. The van der Waals surface area contributed by atoms with Gasteiger partial charge in [0.1, 0.15) is 25.2 Å². The summed E-state index contributed by atoms with van der Waals surface area (Å²) in [5, 5.41) is 21.9. The highest BCUT2D eigenvalue weighted by molar-refractivity contribution is 5.68. The van der Waals surface area contributed by atoms with E-state index >= 15 is 0 Å². The summed E-state index contributed by atoms with van der Waals surface area (Å²) >= 11 is 0. The molecule has 0 bridgehead atoms. The van der Waals surface area contributed by atoms with E-state index in [-0.39, 0.29) is 12.5 Å². The molecule has 7 heteroatoms. The zero-order valence-corrected chi connectivity index (χ0v) is 18.1. The van der Waals surface area contributed by atoms with Crippen LogP contribution in [0.5, 0.6) is 11.5 Å². The summed E-state index contributed by atoms with van der Waals surface area (Å²) in [5.41, 5.74) is 2.56. The molecule has 0 saturated carbocycles. The molecule has 3 aromatic carbocycles. The lowest BCUT2D eigenvalue weighted by molar-refractivity contribution is -0.137. The van der Waals surface area contributed by atoms with Gasteiger partial charge in [0.15, 0.2) is 6.10 Å². The van der Waals surface area contributed by atoms with Crippen molar-refractivity contribution in [3.05, 3.63) is 95.6 Å². The number of carboxylic acids is 1. The van der Waals surface area contributed by atoms with Crippen molar-refractivity contribution in [3.8, 4) is 17.6 Å². The molecule has 168 valence electrons. The molecule has 33 heavy (non-hydrogen) atoms. The van der Waals surface area contributed by atoms with Crippen molar-refractivity contribution in [2.24, 2.45) is 5.16 Å². The average molecular weight is 444 g/mol. The van der Waals surface area contributed by atoms with Crippen molar-refractivity contribution in [2.75, 3.05) is 7.11 Å². The number of benzene rings is 3. The molecule has 0 heterocycles. The zero-order chi connectivity index (χ0) is 23.5. The van der Waals surface area contributed by atoms with E-state index in [1.165, 1.54) is 7.11 Å². The van der Waals surface area contributed by atoms with E-state index in [1.807, 2.05) is 60.7 Å². The number of ether oxygens (including phenoxy) is 2. The van der Waals surface area contributed by atoms with Gasteiger partial charge in [-0.2, -0.15) is 5.26 Å². The molecule has 0 fully saturated rings. The van der Waals surface area contributed by atoms with Gasteiger partial charge < -0.3 is 19.4 Å². The fourth-order valence-electron chi connectivity index (χ4n) is 3.13. The van der Waals surface area contributed by atoms with Crippen LogP contribution < -0.4 is 9.47 Å². The normalized spacial score (nSPS) is 12.5. The number of carboxylic acid groups (broad SMARTS) is 1. The number of nitriles is 1. The van der Waals surface area contributed by atoms with Gasteiger partial charge in [-0.1, -0.05) is 59.8 Å². The van der Waals surface area contributed by atoms with E-state index in [0.29, 0.717) is 23.7 Å². The third-order valence-electron chi connectivity index (χ3n) is 4.84. The van der Waals surface area contributed by atoms with Gasteiger partial charge in [-0.3, -0.25) is 4.79 Å². The number of carbonyl (C=O) groups is 1. The second-order valence-corrected chi connectivity index (χ2v) is 7.17. The number of hydrogen-bond donors (Lipinski definition) is 1. The third kappa shape index (κ3) is 7.11. The smallest absolute Gasteiger partial charge is 0.305 e. The maximum atomic E-state index is 10.9. The quantitative estimate of drug-likeness (QED) is 0.326. The van der Waals surface area contributed by atoms with Gasteiger partial charge >= 0.3 is 5.97 Å². The predicted molar refractivity (Wildman–Crippen MR) is 123 cm³/mol. The summed E-state index contributed by atoms with van der Waals surface area (Å²) in [6, 6.07) is 26.2. The highest BCUT2D eigenvalue weighted by Gasteiger charge is 2.15. The lowest BCUT2D eigenvalue weighted by atomic mass is 9.97. The maximum absolute atomic E-state index is 10.9. The van der Waals surface area contributed by atoms with Gasteiger partial charge in [0.05, 0.1) is 24.6 Å². The molecule has 3 aromatic rings. The largest absolute Gasteiger partial charge is 0.489 e. The standard InChI is InChI=1S/C26H24N2O5/c1-31-28-17-25(21-5-3-2-4-6-21)33-24-11-7-19(8-12-24)18-32-23-13-9-20(10-14-23)22(16-27)15-26(29)30/h2-14,17,22,25H,15,18H2,1H3,(H,29,30). The monoisotopic (exact) mass is 444 g/mol. The summed E-state index contributed by atoms with van der Waals surface area (Å²) in [5.74, 6) is -0.375. The van der Waals surface area contributed by atoms with E-state index in [9.17, 15) is 4.79 Å². The van der Waals surface area contributed by atoms with Crippen LogP contribution in [0.4, 0.5) is 0 Å². The van der Waals surface area contributed by atoms with Crippen molar-refractivity contribution in [1.82, 2.24) is 0 Å². The van der Waals surface area contributed by atoms with Crippen LogP contribution in [-0.2, 0) is 16.2 Å². The minimum Gasteiger partial charge on any atom is -0.489 e. The first kappa shape index (κ1) is 23.4. The van der Waals surface area contributed by atoms with Gasteiger partial charge in [0.25, 0.3) is 0 Å². The Morgan fingerprint density at radius 2 is 1.67 bits per heavy atom. The number of rotatable bonds is 11. The summed E-state index contributed by atoms with van der Waals surface area (Å²) in [4.78, 5) is 15.7. The van der Waals surface area contributed by atoms with Gasteiger partial charge in [0, 0.05) is 0 Å². The van der Waals surface area contributed by atoms with E-state index in [4.69, 9.17) is 24.7 Å². The SMILES string of the molecule is CON=CC(Oc1ccc(COc2ccc(C(C#N)CC(=O)O)cc2)cc1)c1ccccc1. The van der Waals surface area contributed by atoms with Crippen LogP contribution in [0, 0.1) is 11.3 Å². The van der Waals surface area contributed by atoms with Crippen LogP contribution in [0.25, 0.3) is 0 Å². The first-order valence-electron chi connectivity index (χ1n) is 10.3. The molecule has 2 atom stereocenters.